The highest BCUT2D eigenvalue weighted by Gasteiger charge is 2.19. The fourth-order valence-corrected chi connectivity index (χ4v) is 7.49. The van der Waals surface area contributed by atoms with Crippen LogP contribution in [0.4, 0.5) is 0 Å². The highest BCUT2D eigenvalue weighted by Crippen LogP contribution is 2.14. The van der Waals surface area contributed by atoms with Crippen LogP contribution >= 0.6 is 0 Å². The van der Waals surface area contributed by atoms with Crippen molar-refractivity contribution >= 4 is 17.9 Å². The van der Waals surface area contributed by atoms with Crippen LogP contribution in [0.1, 0.15) is 245 Å². The van der Waals surface area contributed by atoms with E-state index in [0.717, 1.165) is 148 Å². The first-order valence-corrected chi connectivity index (χ1v) is 28.5. The summed E-state index contributed by atoms with van der Waals surface area (Å²) in [7, 11) is 0. The van der Waals surface area contributed by atoms with Gasteiger partial charge in [-0.2, -0.15) is 0 Å². The molecule has 6 nitrogen and oxygen atoms in total. The molecule has 0 saturated carbocycles. The predicted octanol–water partition coefficient (Wildman–Crippen LogP) is 19.3. The maximum Gasteiger partial charge on any atom is 0.306 e. The molecule has 1 atom stereocenters. The Labute approximate surface area is 431 Å². The van der Waals surface area contributed by atoms with Gasteiger partial charge in [-0.3, -0.25) is 14.4 Å². The molecule has 0 fully saturated rings. The Balaban J connectivity index is 4.25. The van der Waals surface area contributed by atoms with Gasteiger partial charge in [-0.25, -0.2) is 0 Å². The molecule has 0 heterocycles. The summed E-state index contributed by atoms with van der Waals surface area (Å²) >= 11 is 0. The predicted molar refractivity (Wildman–Crippen MR) is 302 cm³/mol. The zero-order valence-corrected chi connectivity index (χ0v) is 45.2. The number of carbonyl (C=O) groups excluding carboxylic acids is 3. The first-order valence-electron chi connectivity index (χ1n) is 28.5. The van der Waals surface area contributed by atoms with Crippen molar-refractivity contribution in [1.29, 1.82) is 0 Å². The third-order valence-electron chi connectivity index (χ3n) is 11.7. The molecule has 1 unspecified atom stereocenters. The van der Waals surface area contributed by atoms with E-state index in [9.17, 15) is 14.4 Å². The molecule has 0 aliphatic heterocycles. The van der Waals surface area contributed by atoms with Gasteiger partial charge in [0.25, 0.3) is 0 Å². The Kier molecular flexibility index (Phi) is 54.0. The van der Waals surface area contributed by atoms with E-state index in [2.05, 4.69) is 142 Å². The average molecular weight is 970 g/mol. The lowest BCUT2D eigenvalue weighted by Crippen LogP contribution is -2.30. The number of hydrogen-bond acceptors (Lipinski definition) is 6. The molecule has 0 aliphatic carbocycles. The molecule has 0 saturated heterocycles. The van der Waals surface area contributed by atoms with Crippen LogP contribution in [0.15, 0.2) is 122 Å². The third kappa shape index (κ3) is 54.7. The molecule has 0 aromatic carbocycles. The summed E-state index contributed by atoms with van der Waals surface area (Å²) in [4.78, 5) is 38.0. The van der Waals surface area contributed by atoms with Gasteiger partial charge in [-0.15, -0.1) is 0 Å². The molecule has 0 aliphatic rings. The average Bonchev–Trinajstić information content (AvgIpc) is 3.36. The van der Waals surface area contributed by atoms with Gasteiger partial charge >= 0.3 is 17.9 Å². The van der Waals surface area contributed by atoms with E-state index < -0.39 is 6.10 Å². The SMILES string of the molecule is CC/C=C\C/C=C\C/C=C\C/C=C\C/C=C\C/C=C\C/C=C\CCCCCCCCCC(=O)OCC(COC(=O)CCCCCCCCCC)OC(=O)CCCCCCC/C=C\C/C=C\C/C=C\CC. The minimum Gasteiger partial charge on any atom is -0.462 e. The quantitative estimate of drug-likeness (QED) is 0.0262. The molecule has 0 aromatic heterocycles. The van der Waals surface area contributed by atoms with Crippen LogP contribution in [0, 0.1) is 0 Å². The summed E-state index contributed by atoms with van der Waals surface area (Å²) in [6.45, 7) is 6.35. The summed E-state index contributed by atoms with van der Waals surface area (Å²) < 4.78 is 16.8. The largest absolute Gasteiger partial charge is 0.462 e. The van der Waals surface area contributed by atoms with Crippen LogP contribution in [-0.4, -0.2) is 37.2 Å². The number of allylic oxidation sites excluding steroid dienone is 20. The molecule has 70 heavy (non-hydrogen) atoms. The number of carbonyl (C=O) groups is 3. The first kappa shape index (κ1) is 65.8. The fourth-order valence-electron chi connectivity index (χ4n) is 7.49. The van der Waals surface area contributed by atoms with Gasteiger partial charge in [0.15, 0.2) is 6.10 Å². The maximum atomic E-state index is 12.8. The lowest BCUT2D eigenvalue weighted by atomic mass is 10.1. The van der Waals surface area contributed by atoms with E-state index in [-0.39, 0.29) is 31.1 Å². The molecule has 0 radical (unpaired) electrons. The van der Waals surface area contributed by atoms with Crippen molar-refractivity contribution < 1.29 is 28.6 Å². The monoisotopic (exact) mass is 969 g/mol. The van der Waals surface area contributed by atoms with E-state index in [1.807, 2.05) is 0 Å². The maximum absolute atomic E-state index is 12.8. The van der Waals surface area contributed by atoms with Gasteiger partial charge in [0.1, 0.15) is 13.2 Å². The van der Waals surface area contributed by atoms with Crippen LogP contribution in [0.2, 0.25) is 0 Å². The normalized spacial score (nSPS) is 13.0. The lowest BCUT2D eigenvalue weighted by molar-refractivity contribution is -0.167. The van der Waals surface area contributed by atoms with Crippen molar-refractivity contribution in [3.8, 4) is 0 Å². The smallest absolute Gasteiger partial charge is 0.306 e. The molecule has 0 aromatic rings. The van der Waals surface area contributed by atoms with E-state index in [1.54, 1.807) is 0 Å². The van der Waals surface area contributed by atoms with Crippen molar-refractivity contribution in [3.63, 3.8) is 0 Å². The Morgan fingerprint density at radius 3 is 0.871 bits per heavy atom. The van der Waals surface area contributed by atoms with Crippen molar-refractivity contribution in [2.45, 2.75) is 252 Å². The van der Waals surface area contributed by atoms with Crippen molar-refractivity contribution in [2.75, 3.05) is 13.2 Å². The van der Waals surface area contributed by atoms with Gasteiger partial charge in [0, 0.05) is 19.3 Å². The Hall–Kier alpha value is -4.19. The number of esters is 3. The Morgan fingerprint density at radius 1 is 0.300 bits per heavy atom. The summed E-state index contributed by atoms with van der Waals surface area (Å²) in [5, 5.41) is 0. The summed E-state index contributed by atoms with van der Waals surface area (Å²) in [5.74, 6) is -0.927. The topological polar surface area (TPSA) is 78.9 Å². The molecule has 0 bridgehead atoms. The number of ether oxygens (including phenoxy) is 3. The second-order valence-corrected chi connectivity index (χ2v) is 18.4. The molecule has 0 rings (SSSR count). The molecule has 396 valence electrons. The highest BCUT2D eigenvalue weighted by molar-refractivity contribution is 5.71. The number of hydrogen-bond donors (Lipinski definition) is 0. The van der Waals surface area contributed by atoms with Crippen molar-refractivity contribution in [1.82, 2.24) is 0 Å². The van der Waals surface area contributed by atoms with Crippen LogP contribution in [0.25, 0.3) is 0 Å². The minimum atomic E-state index is -0.792. The first-order chi connectivity index (χ1) is 34.5. The van der Waals surface area contributed by atoms with Gasteiger partial charge in [-0.05, 0) is 109 Å². The second-order valence-electron chi connectivity index (χ2n) is 18.4. The van der Waals surface area contributed by atoms with E-state index >= 15 is 0 Å². The van der Waals surface area contributed by atoms with Gasteiger partial charge in [-0.1, -0.05) is 239 Å². The number of rotatable bonds is 50. The molecule has 6 heteroatoms. The van der Waals surface area contributed by atoms with E-state index in [0.29, 0.717) is 19.3 Å². The summed E-state index contributed by atoms with van der Waals surface area (Å²) in [6, 6.07) is 0. The van der Waals surface area contributed by atoms with Crippen LogP contribution in [-0.2, 0) is 28.6 Å². The van der Waals surface area contributed by atoms with E-state index in [4.69, 9.17) is 14.2 Å². The second kappa shape index (κ2) is 57.4. The lowest BCUT2D eigenvalue weighted by Gasteiger charge is -2.18. The zero-order chi connectivity index (χ0) is 50.7. The van der Waals surface area contributed by atoms with Crippen molar-refractivity contribution in [3.05, 3.63) is 122 Å². The van der Waals surface area contributed by atoms with E-state index in [1.165, 1.54) is 57.8 Å². The van der Waals surface area contributed by atoms with Gasteiger partial charge < -0.3 is 14.2 Å². The highest BCUT2D eigenvalue weighted by atomic mass is 16.6. The molecule has 0 N–H and O–H groups in total. The summed E-state index contributed by atoms with van der Waals surface area (Å²) in [5.41, 5.74) is 0. The van der Waals surface area contributed by atoms with Gasteiger partial charge in [0.05, 0.1) is 0 Å². The van der Waals surface area contributed by atoms with Crippen LogP contribution in [0.5, 0.6) is 0 Å². The van der Waals surface area contributed by atoms with Crippen LogP contribution < -0.4 is 0 Å². The zero-order valence-electron chi connectivity index (χ0n) is 45.2. The minimum absolute atomic E-state index is 0.0899. The standard InChI is InChI=1S/C64H104O6/c1-4-7-10-13-16-19-21-23-25-26-27-28-29-30-31-32-33-34-35-36-37-38-40-41-43-45-48-51-54-57-63(66)69-60-61(59-68-62(65)56-53-50-47-18-15-12-9-6-3)70-64(67)58-55-52-49-46-44-42-39-24-22-20-17-14-11-8-5-2/h7-8,10-11,16-17,19-20,23-25,27-28,30-31,33-34,36-37,39,61H,4-6,9,12-15,18,21-22,26,29,32,35,38,40-60H2,1-3H3/b10-7-,11-8-,19-16-,20-17-,25-23-,28-27-,31-30-,34-33-,37-36-,39-24-. The molecule has 0 amide bonds. The molecular weight excluding hydrogens is 865 g/mol. The van der Waals surface area contributed by atoms with Crippen molar-refractivity contribution in [2.24, 2.45) is 0 Å². The molecule has 0 spiro atoms. The Morgan fingerprint density at radius 2 is 0.557 bits per heavy atom. The third-order valence-corrected chi connectivity index (χ3v) is 11.7. The molecular formula is C64H104O6. The van der Waals surface area contributed by atoms with Crippen LogP contribution in [0.3, 0.4) is 0 Å². The number of unbranched alkanes of at least 4 members (excludes halogenated alkanes) is 19. The fraction of sp³-hybridized carbons (Fsp3) is 0.641. The Bertz CT molecular complexity index is 1490. The summed E-state index contributed by atoms with van der Waals surface area (Å²) in [6.07, 6.45) is 79.2. The van der Waals surface area contributed by atoms with Gasteiger partial charge in [0.2, 0.25) is 0 Å².